The van der Waals surface area contributed by atoms with Crippen molar-refractivity contribution in [3.63, 3.8) is 0 Å². The van der Waals surface area contributed by atoms with Gasteiger partial charge in [0.15, 0.2) is 0 Å². The molecule has 2 amide bonds. The summed E-state index contributed by atoms with van der Waals surface area (Å²) in [5.41, 5.74) is 2.09. The fourth-order valence-corrected chi connectivity index (χ4v) is 3.01. The van der Waals surface area contributed by atoms with Crippen molar-refractivity contribution in [3.05, 3.63) is 83.9 Å². The summed E-state index contributed by atoms with van der Waals surface area (Å²) in [5, 5.41) is 14.7. The van der Waals surface area contributed by atoms with Crippen LogP contribution in [0.2, 0.25) is 0 Å². The first-order chi connectivity index (χ1) is 12.7. The van der Waals surface area contributed by atoms with Gasteiger partial charge in [0, 0.05) is 13.1 Å². The molecule has 0 aromatic heterocycles. The molecule has 0 aliphatic carbocycles. The Balaban J connectivity index is 1.70. The molecule has 26 heavy (non-hydrogen) atoms. The number of carbonyl (C=O) groups excluding carboxylic acids is 1. The van der Waals surface area contributed by atoms with E-state index in [1.807, 2.05) is 55.5 Å². The summed E-state index contributed by atoms with van der Waals surface area (Å²) in [5.74, 6) is 0. The molecule has 0 heterocycles. The van der Waals surface area contributed by atoms with E-state index in [0.717, 1.165) is 16.5 Å². The van der Waals surface area contributed by atoms with Crippen LogP contribution in [0.15, 0.2) is 72.8 Å². The highest BCUT2D eigenvalue weighted by Gasteiger charge is 2.17. The van der Waals surface area contributed by atoms with Crippen LogP contribution in [0.3, 0.4) is 0 Å². The fraction of sp³-hybridized carbons (Fsp3) is 0.227. The molecule has 0 fully saturated rings. The third kappa shape index (κ3) is 4.41. The van der Waals surface area contributed by atoms with Crippen molar-refractivity contribution in [2.45, 2.75) is 19.5 Å². The van der Waals surface area contributed by atoms with E-state index >= 15 is 0 Å². The van der Waals surface area contributed by atoms with Crippen LogP contribution in [0.1, 0.15) is 24.1 Å². The van der Waals surface area contributed by atoms with E-state index in [4.69, 9.17) is 0 Å². The van der Waals surface area contributed by atoms with Crippen molar-refractivity contribution in [3.8, 4) is 0 Å². The lowest BCUT2D eigenvalue weighted by molar-refractivity contribution is 0.171. The number of nitrogens with one attached hydrogen (secondary N) is 1. The molecule has 0 saturated heterocycles. The summed E-state index contributed by atoms with van der Waals surface area (Å²) in [6.07, 6.45) is 0. The zero-order valence-corrected chi connectivity index (χ0v) is 14.9. The number of rotatable bonds is 6. The SMILES string of the molecule is CC(NC(=O)N(CCO)Cc1ccccc1)c1ccc2ccccc2c1. The number of aliphatic hydroxyl groups is 1. The Morgan fingerprint density at radius 1 is 1.00 bits per heavy atom. The lowest BCUT2D eigenvalue weighted by Crippen LogP contribution is -2.42. The van der Waals surface area contributed by atoms with Gasteiger partial charge in [-0.15, -0.1) is 0 Å². The maximum atomic E-state index is 12.7. The van der Waals surface area contributed by atoms with Crippen LogP contribution in [0, 0.1) is 0 Å². The van der Waals surface area contributed by atoms with Crippen LogP contribution in [-0.4, -0.2) is 29.2 Å². The van der Waals surface area contributed by atoms with Crippen LogP contribution >= 0.6 is 0 Å². The highest BCUT2D eigenvalue weighted by molar-refractivity contribution is 5.83. The minimum absolute atomic E-state index is 0.0649. The van der Waals surface area contributed by atoms with Crippen LogP contribution < -0.4 is 5.32 Å². The van der Waals surface area contributed by atoms with Crippen molar-refractivity contribution in [2.24, 2.45) is 0 Å². The summed E-state index contributed by atoms with van der Waals surface area (Å²) in [6.45, 7) is 2.68. The fourth-order valence-electron chi connectivity index (χ4n) is 3.01. The van der Waals surface area contributed by atoms with Gasteiger partial charge >= 0.3 is 6.03 Å². The summed E-state index contributed by atoms with van der Waals surface area (Å²) in [7, 11) is 0. The Bertz CT molecular complexity index is 864. The number of hydrogen-bond donors (Lipinski definition) is 2. The number of hydrogen-bond acceptors (Lipinski definition) is 2. The Hall–Kier alpha value is -2.85. The number of amides is 2. The molecule has 0 spiro atoms. The van der Waals surface area contributed by atoms with E-state index < -0.39 is 0 Å². The smallest absolute Gasteiger partial charge is 0.318 e. The van der Waals surface area contributed by atoms with Gasteiger partial charge in [-0.2, -0.15) is 0 Å². The molecule has 2 N–H and O–H groups in total. The Morgan fingerprint density at radius 3 is 2.42 bits per heavy atom. The molecule has 0 aliphatic heterocycles. The van der Waals surface area contributed by atoms with Crippen molar-refractivity contribution in [2.75, 3.05) is 13.2 Å². The van der Waals surface area contributed by atoms with Crippen LogP contribution in [0.4, 0.5) is 4.79 Å². The van der Waals surface area contributed by atoms with Gasteiger partial charge in [-0.1, -0.05) is 66.7 Å². The second-order valence-electron chi connectivity index (χ2n) is 6.41. The lowest BCUT2D eigenvalue weighted by Gasteiger charge is -2.25. The molecule has 0 aliphatic rings. The standard InChI is InChI=1S/C22H24N2O2/c1-17(20-12-11-19-9-5-6-10-21(19)15-20)23-22(26)24(13-14-25)16-18-7-3-2-4-8-18/h2-12,15,17,25H,13-14,16H2,1H3,(H,23,26). The molecule has 3 aromatic rings. The van der Waals surface area contributed by atoms with Gasteiger partial charge in [0.25, 0.3) is 0 Å². The molecule has 134 valence electrons. The average Bonchev–Trinajstić information content (AvgIpc) is 2.68. The van der Waals surface area contributed by atoms with Gasteiger partial charge in [-0.05, 0) is 34.9 Å². The number of nitrogens with zero attached hydrogens (tertiary/aromatic N) is 1. The van der Waals surface area contributed by atoms with Crippen LogP contribution in [-0.2, 0) is 6.54 Å². The second kappa shape index (κ2) is 8.50. The Labute approximate surface area is 154 Å². The van der Waals surface area contributed by atoms with Crippen molar-refractivity contribution in [1.82, 2.24) is 10.2 Å². The minimum atomic E-state index is -0.177. The number of fused-ring (bicyclic) bond motifs is 1. The molecule has 0 saturated carbocycles. The molecule has 3 aromatic carbocycles. The van der Waals surface area contributed by atoms with Gasteiger partial charge in [0.2, 0.25) is 0 Å². The van der Waals surface area contributed by atoms with Crippen molar-refractivity contribution >= 4 is 16.8 Å². The van der Waals surface area contributed by atoms with E-state index in [-0.39, 0.29) is 18.7 Å². The van der Waals surface area contributed by atoms with Gasteiger partial charge < -0.3 is 15.3 Å². The Morgan fingerprint density at radius 2 is 1.69 bits per heavy atom. The first kappa shape index (κ1) is 18.0. The monoisotopic (exact) mass is 348 g/mol. The molecule has 3 rings (SSSR count). The zero-order chi connectivity index (χ0) is 18.4. The summed E-state index contributed by atoms with van der Waals surface area (Å²) in [4.78, 5) is 14.3. The predicted octanol–water partition coefficient (Wildman–Crippen LogP) is 4.10. The highest BCUT2D eigenvalue weighted by Crippen LogP contribution is 2.20. The number of aliphatic hydroxyl groups excluding tert-OH is 1. The third-order valence-electron chi connectivity index (χ3n) is 4.49. The number of urea groups is 1. The molecule has 0 radical (unpaired) electrons. The third-order valence-corrected chi connectivity index (χ3v) is 4.49. The minimum Gasteiger partial charge on any atom is -0.395 e. The predicted molar refractivity (Wildman–Crippen MR) is 105 cm³/mol. The van der Waals surface area contributed by atoms with E-state index in [1.54, 1.807) is 4.90 Å². The first-order valence-electron chi connectivity index (χ1n) is 8.86. The highest BCUT2D eigenvalue weighted by atomic mass is 16.3. The molecular weight excluding hydrogens is 324 g/mol. The molecule has 1 atom stereocenters. The number of benzene rings is 3. The molecule has 4 nitrogen and oxygen atoms in total. The second-order valence-corrected chi connectivity index (χ2v) is 6.41. The van der Waals surface area contributed by atoms with Gasteiger partial charge in [-0.25, -0.2) is 4.79 Å². The molecule has 0 bridgehead atoms. The number of carbonyl (C=O) groups is 1. The molecule has 4 heteroatoms. The molecule has 1 unspecified atom stereocenters. The van der Waals surface area contributed by atoms with E-state index in [2.05, 4.69) is 29.6 Å². The topological polar surface area (TPSA) is 52.6 Å². The van der Waals surface area contributed by atoms with E-state index in [0.29, 0.717) is 13.1 Å². The zero-order valence-electron chi connectivity index (χ0n) is 14.9. The first-order valence-corrected chi connectivity index (χ1v) is 8.86. The van der Waals surface area contributed by atoms with E-state index in [9.17, 15) is 9.90 Å². The summed E-state index contributed by atoms with van der Waals surface area (Å²) in [6, 6.07) is 23.9. The van der Waals surface area contributed by atoms with Gasteiger partial charge in [0.05, 0.1) is 12.6 Å². The largest absolute Gasteiger partial charge is 0.395 e. The maximum absolute atomic E-state index is 12.7. The summed E-state index contributed by atoms with van der Waals surface area (Å²) < 4.78 is 0. The van der Waals surface area contributed by atoms with Crippen LogP contribution in [0.25, 0.3) is 10.8 Å². The van der Waals surface area contributed by atoms with Crippen molar-refractivity contribution in [1.29, 1.82) is 0 Å². The van der Waals surface area contributed by atoms with E-state index in [1.165, 1.54) is 5.39 Å². The van der Waals surface area contributed by atoms with Crippen LogP contribution in [0.5, 0.6) is 0 Å². The maximum Gasteiger partial charge on any atom is 0.318 e. The normalized spacial score (nSPS) is 11.9. The molecular formula is C22H24N2O2. The average molecular weight is 348 g/mol. The van der Waals surface area contributed by atoms with Gasteiger partial charge in [0.1, 0.15) is 0 Å². The van der Waals surface area contributed by atoms with Gasteiger partial charge in [-0.3, -0.25) is 0 Å². The van der Waals surface area contributed by atoms with Crippen molar-refractivity contribution < 1.29 is 9.90 Å². The Kier molecular flexibility index (Phi) is 5.87. The summed E-state index contributed by atoms with van der Waals surface area (Å²) >= 11 is 0. The quantitative estimate of drug-likeness (QED) is 0.704. The lowest BCUT2D eigenvalue weighted by atomic mass is 10.0.